The van der Waals surface area contributed by atoms with E-state index in [0.717, 1.165) is 0 Å². The molecular formula is C23H34N8O9. The zero-order valence-corrected chi connectivity index (χ0v) is 21.4. The third kappa shape index (κ3) is 12.5. The predicted octanol–water partition coefficient (Wildman–Crippen LogP) is -3.80. The van der Waals surface area contributed by atoms with Gasteiger partial charge in [0.1, 0.15) is 23.9 Å². The molecule has 4 unspecified atom stereocenters. The molecule has 0 aromatic heterocycles. The molecule has 1 aromatic rings. The third-order valence-electron chi connectivity index (χ3n) is 5.35. The average molecular weight is 567 g/mol. The van der Waals surface area contributed by atoms with Crippen molar-refractivity contribution in [2.45, 2.75) is 56.3 Å². The minimum absolute atomic E-state index is 0.0567. The number of phenolic OH excluding ortho intramolecular Hbond substituents is 1. The summed E-state index contributed by atoms with van der Waals surface area (Å²) in [4.78, 5) is 76.5. The van der Waals surface area contributed by atoms with E-state index in [1.165, 1.54) is 24.3 Å². The van der Waals surface area contributed by atoms with Gasteiger partial charge in [-0.1, -0.05) is 12.1 Å². The number of aliphatic imine (C=N–C) groups is 1. The number of amides is 4. The van der Waals surface area contributed by atoms with Crippen LogP contribution in [0.3, 0.4) is 0 Å². The van der Waals surface area contributed by atoms with Crippen LogP contribution in [0.15, 0.2) is 29.3 Å². The molecule has 1 aromatic carbocycles. The van der Waals surface area contributed by atoms with Gasteiger partial charge in [-0.2, -0.15) is 0 Å². The quantitative estimate of drug-likeness (QED) is 0.0493. The maximum absolute atomic E-state index is 12.9. The molecule has 0 heterocycles. The average Bonchev–Trinajstić information content (AvgIpc) is 2.85. The highest BCUT2D eigenvalue weighted by Crippen LogP contribution is 2.12. The maximum atomic E-state index is 12.9. The number of hydrogen-bond donors (Lipinski definition) is 10. The van der Waals surface area contributed by atoms with Crippen LogP contribution in [0.1, 0.15) is 31.2 Å². The highest BCUT2D eigenvalue weighted by molar-refractivity contribution is 5.97. The number of aliphatic carboxylic acids is 2. The molecule has 220 valence electrons. The number of primary amides is 1. The fourth-order valence-corrected chi connectivity index (χ4v) is 3.34. The zero-order valence-electron chi connectivity index (χ0n) is 21.4. The first-order valence-electron chi connectivity index (χ1n) is 11.9. The van der Waals surface area contributed by atoms with Gasteiger partial charge in [0.05, 0.1) is 18.9 Å². The van der Waals surface area contributed by atoms with Crippen molar-refractivity contribution < 1.29 is 44.1 Å². The van der Waals surface area contributed by atoms with Crippen molar-refractivity contribution in [2.75, 3.05) is 6.54 Å². The van der Waals surface area contributed by atoms with E-state index in [2.05, 4.69) is 20.9 Å². The van der Waals surface area contributed by atoms with Gasteiger partial charge in [-0.15, -0.1) is 0 Å². The van der Waals surface area contributed by atoms with Crippen molar-refractivity contribution in [3.63, 3.8) is 0 Å². The minimum atomic E-state index is -1.70. The second-order valence-electron chi connectivity index (χ2n) is 8.72. The Bertz CT molecular complexity index is 1110. The number of carbonyl (C=O) groups excluding carboxylic acids is 4. The number of benzene rings is 1. The summed E-state index contributed by atoms with van der Waals surface area (Å²) in [7, 11) is 0. The van der Waals surface area contributed by atoms with Crippen LogP contribution in [0.25, 0.3) is 0 Å². The molecule has 0 saturated carbocycles. The van der Waals surface area contributed by atoms with Crippen LogP contribution in [0.5, 0.6) is 5.75 Å². The SMILES string of the molecule is NC(=O)CC(NC(=O)C(CC(=O)O)NC(=O)C(N)CCCN=C(N)N)C(=O)NC(Cc1ccc(O)cc1)C(=O)O. The number of carboxylic acid groups (broad SMARTS) is 2. The van der Waals surface area contributed by atoms with Crippen molar-refractivity contribution in [3.8, 4) is 5.75 Å². The first kappa shape index (κ1) is 33.1. The number of nitrogens with zero attached hydrogens (tertiary/aromatic N) is 1. The normalized spacial score (nSPS) is 13.5. The molecule has 0 aliphatic rings. The second-order valence-corrected chi connectivity index (χ2v) is 8.72. The predicted molar refractivity (Wildman–Crippen MR) is 139 cm³/mol. The molecule has 4 amide bonds. The lowest BCUT2D eigenvalue weighted by molar-refractivity contribution is -0.143. The summed E-state index contributed by atoms with van der Waals surface area (Å²) in [5.74, 6) is -7.28. The van der Waals surface area contributed by atoms with Crippen LogP contribution in [-0.2, 0) is 35.2 Å². The molecule has 17 heteroatoms. The summed E-state index contributed by atoms with van der Waals surface area (Å²) in [5, 5.41) is 34.6. The molecule has 14 N–H and O–H groups in total. The van der Waals surface area contributed by atoms with Crippen molar-refractivity contribution in [1.82, 2.24) is 16.0 Å². The number of carbonyl (C=O) groups is 6. The van der Waals surface area contributed by atoms with E-state index in [1.54, 1.807) is 0 Å². The number of phenols is 1. The lowest BCUT2D eigenvalue weighted by Gasteiger charge is -2.24. The smallest absolute Gasteiger partial charge is 0.326 e. The standard InChI is InChI=1S/C23H34N8O9/c24-13(2-1-7-28-23(26)27)19(36)29-15(10-18(34)35)21(38)30-14(9-17(25)33)20(37)31-16(22(39)40)8-11-3-5-12(32)6-4-11/h3-6,13-16,32H,1-2,7-10,24H2,(H2,25,33)(H,29,36)(H,30,38)(H,31,37)(H,34,35)(H,39,40)(H4,26,27,28). The number of nitrogens with one attached hydrogen (secondary N) is 3. The number of nitrogens with two attached hydrogens (primary N) is 4. The van der Waals surface area contributed by atoms with E-state index in [9.17, 15) is 44.1 Å². The van der Waals surface area contributed by atoms with Gasteiger partial charge in [-0.3, -0.25) is 29.0 Å². The Balaban J connectivity index is 2.97. The van der Waals surface area contributed by atoms with Crippen molar-refractivity contribution in [3.05, 3.63) is 29.8 Å². The van der Waals surface area contributed by atoms with Crippen LogP contribution >= 0.6 is 0 Å². The van der Waals surface area contributed by atoms with E-state index in [4.69, 9.17) is 22.9 Å². The summed E-state index contributed by atoms with van der Waals surface area (Å²) in [6.07, 6.45) is -1.48. The van der Waals surface area contributed by atoms with E-state index in [0.29, 0.717) is 12.0 Å². The molecule has 0 aliphatic carbocycles. The Morgan fingerprint density at radius 3 is 1.82 bits per heavy atom. The molecule has 0 saturated heterocycles. The molecule has 0 fully saturated rings. The summed E-state index contributed by atoms with van der Waals surface area (Å²) in [6.45, 7) is 0.177. The largest absolute Gasteiger partial charge is 0.508 e. The first-order valence-corrected chi connectivity index (χ1v) is 11.9. The Morgan fingerprint density at radius 2 is 1.32 bits per heavy atom. The van der Waals surface area contributed by atoms with Crippen molar-refractivity contribution >= 4 is 41.5 Å². The Hall–Kier alpha value is -4.93. The maximum Gasteiger partial charge on any atom is 0.326 e. The number of carboxylic acids is 2. The van der Waals surface area contributed by atoms with Gasteiger partial charge in [-0.05, 0) is 30.5 Å². The van der Waals surface area contributed by atoms with Gasteiger partial charge in [0.25, 0.3) is 0 Å². The molecule has 17 nitrogen and oxygen atoms in total. The summed E-state index contributed by atoms with van der Waals surface area (Å²) in [5.41, 5.74) is 21.8. The molecular weight excluding hydrogens is 532 g/mol. The fraction of sp³-hybridized carbons (Fsp3) is 0.435. The van der Waals surface area contributed by atoms with Gasteiger partial charge >= 0.3 is 11.9 Å². The lowest BCUT2D eigenvalue weighted by Crippen LogP contribution is -2.58. The number of rotatable bonds is 17. The highest BCUT2D eigenvalue weighted by Gasteiger charge is 2.32. The molecule has 0 spiro atoms. The van der Waals surface area contributed by atoms with Crippen molar-refractivity contribution in [2.24, 2.45) is 27.9 Å². The monoisotopic (exact) mass is 566 g/mol. The van der Waals surface area contributed by atoms with Gasteiger partial charge in [-0.25, -0.2) is 4.79 Å². The fourth-order valence-electron chi connectivity index (χ4n) is 3.34. The van der Waals surface area contributed by atoms with E-state index in [1.807, 2.05) is 0 Å². The van der Waals surface area contributed by atoms with Crippen LogP contribution in [0.4, 0.5) is 0 Å². The Kier molecular flexibility index (Phi) is 13.3. The van der Waals surface area contributed by atoms with E-state index >= 15 is 0 Å². The number of aromatic hydroxyl groups is 1. The minimum Gasteiger partial charge on any atom is -0.508 e. The topological polar surface area (TPSA) is 316 Å². The van der Waals surface area contributed by atoms with Crippen LogP contribution in [-0.4, -0.2) is 87.6 Å². The summed E-state index contributed by atoms with van der Waals surface area (Å²) < 4.78 is 0. The van der Waals surface area contributed by atoms with Crippen LogP contribution in [0.2, 0.25) is 0 Å². The number of guanidine groups is 1. The Labute approximate surface area is 228 Å². The Morgan fingerprint density at radius 1 is 0.800 bits per heavy atom. The molecule has 4 atom stereocenters. The number of hydrogen-bond acceptors (Lipinski definition) is 9. The van der Waals surface area contributed by atoms with Crippen LogP contribution in [0, 0.1) is 0 Å². The van der Waals surface area contributed by atoms with E-state index < -0.39 is 72.6 Å². The lowest BCUT2D eigenvalue weighted by atomic mass is 10.0. The highest BCUT2D eigenvalue weighted by atomic mass is 16.4. The van der Waals surface area contributed by atoms with Crippen LogP contribution < -0.4 is 38.9 Å². The summed E-state index contributed by atoms with van der Waals surface area (Å²) >= 11 is 0. The van der Waals surface area contributed by atoms with Gasteiger partial charge < -0.3 is 54.2 Å². The third-order valence-corrected chi connectivity index (χ3v) is 5.35. The van der Waals surface area contributed by atoms with Crippen molar-refractivity contribution in [1.29, 1.82) is 0 Å². The molecule has 0 radical (unpaired) electrons. The van der Waals surface area contributed by atoms with Gasteiger partial charge in [0, 0.05) is 13.0 Å². The molecule has 0 bridgehead atoms. The van der Waals surface area contributed by atoms with Gasteiger partial charge in [0.2, 0.25) is 23.6 Å². The van der Waals surface area contributed by atoms with Gasteiger partial charge in [0.15, 0.2) is 5.96 Å². The first-order chi connectivity index (χ1) is 18.7. The van der Waals surface area contributed by atoms with E-state index in [-0.39, 0.29) is 31.1 Å². The molecule has 0 aliphatic heterocycles. The second kappa shape index (κ2) is 16.1. The molecule has 40 heavy (non-hydrogen) atoms. The zero-order chi connectivity index (χ0) is 30.4. The summed E-state index contributed by atoms with van der Waals surface area (Å²) in [6, 6.07) is -0.555. The molecule has 1 rings (SSSR count).